The van der Waals surface area contributed by atoms with E-state index in [0.717, 1.165) is 17.2 Å². The van der Waals surface area contributed by atoms with Crippen LogP contribution in [0.25, 0.3) is 0 Å². The first-order chi connectivity index (χ1) is 4.34. The van der Waals surface area contributed by atoms with Crippen molar-refractivity contribution in [2.45, 2.75) is 13.3 Å². The molecule has 0 radical (unpaired) electrons. The van der Waals surface area contributed by atoms with Gasteiger partial charge in [0, 0.05) is 11.9 Å². The van der Waals surface area contributed by atoms with Crippen molar-refractivity contribution in [1.82, 2.24) is 5.32 Å². The molecule has 0 aromatic heterocycles. The van der Waals surface area contributed by atoms with Gasteiger partial charge in [-0.3, -0.25) is 4.99 Å². The highest BCUT2D eigenvalue weighted by molar-refractivity contribution is 6.39. The largest absolute Gasteiger partial charge is 0.368 e. The first-order valence-electron chi connectivity index (χ1n) is 2.97. The Labute approximate surface area is 59.6 Å². The normalized spacial score (nSPS) is 18.0. The maximum absolute atomic E-state index is 5.75. The second-order valence-corrected chi connectivity index (χ2v) is 2.23. The Balaban J connectivity index is 2.72. The molecule has 0 aromatic carbocycles. The molecule has 0 spiro atoms. The molecule has 1 heterocycles. The quantitative estimate of drug-likeness (QED) is 0.593. The molecule has 1 aliphatic heterocycles. The van der Waals surface area contributed by atoms with Crippen LogP contribution in [-0.4, -0.2) is 12.9 Å². The maximum atomic E-state index is 5.75. The van der Waals surface area contributed by atoms with Gasteiger partial charge in [-0.15, -0.1) is 0 Å². The van der Waals surface area contributed by atoms with Crippen LogP contribution in [0.1, 0.15) is 13.3 Å². The van der Waals surface area contributed by atoms with Crippen LogP contribution >= 0.6 is 11.6 Å². The van der Waals surface area contributed by atoms with Crippen LogP contribution in [0, 0.1) is 0 Å². The number of rotatable bonds is 1. The Bertz CT molecular complexity index is 160. The summed E-state index contributed by atoms with van der Waals surface area (Å²) in [6.07, 6.45) is 2.64. The second-order valence-electron chi connectivity index (χ2n) is 1.83. The molecule has 0 saturated carbocycles. The minimum Gasteiger partial charge on any atom is -0.368 e. The van der Waals surface area contributed by atoms with Crippen LogP contribution < -0.4 is 5.32 Å². The summed E-state index contributed by atoms with van der Waals surface area (Å²) < 4.78 is 0. The number of halogens is 1. The zero-order chi connectivity index (χ0) is 6.69. The summed E-state index contributed by atoms with van der Waals surface area (Å²) >= 11 is 5.75. The summed E-state index contributed by atoms with van der Waals surface area (Å²) in [6, 6.07) is 0. The van der Waals surface area contributed by atoms with Gasteiger partial charge in [0.25, 0.3) is 0 Å². The minimum absolute atomic E-state index is 0.666. The lowest BCUT2D eigenvalue weighted by Crippen LogP contribution is -2.17. The van der Waals surface area contributed by atoms with Crippen molar-refractivity contribution in [3.05, 3.63) is 10.7 Å². The van der Waals surface area contributed by atoms with E-state index in [2.05, 4.69) is 17.2 Å². The molecule has 1 N–H and O–H groups in total. The van der Waals surface area contributed by atoms with E-state index in [0.29, 0.717) is 6.67 Å². The summed E-state index contributed by atoms with van der Waals surface area (Å²) in [4.78, 5) is 3.93. The third-order valence-corrected chi connectivity index (χ3v) is 1.56. The zero-order valence-corrected chi connectivity index (χ0v) is 6.07. The molecule has 0 aliphatic carbocycles. The monoisotopic (exact) mass is 144 g/mol. The second kappa shape index (κ2) is 2.87. The van der Waals surface area contributed by atoms with E-state index in [4.69, 9.17) is 11.6 Å². The molecule has 0 fully saturated rings. The lowest BCUT2D eigenvalue weighted by Gasteiger charge is -2.10. The molecule has 0 unspecified atom stereocenters. The third kappa shape index (κ3) is 1.45. The van der Waals surface area contributed by atoms with Crippen molar-refractivity contribution in [2.24, 2.45) is 4.99 Å². The Hall–Kier alpha value is -0.500. The molecule has 9 heavy (non-hydrogen) atoms. The van der Waals surface area contributed by atoms with Crippen molar-refractivity contribution in [2.75, 3.05) is 6.67 Å². The molecule has 0 atom stereocenters. The smallest absolute Gasteiger partial charge is 0.107 e. The molecule has 0 amide bonds. The van der Waals surface area contributed by atoms with Crippen LogP contribution in [0.15, 0.2) is 15.7 Å². The van der Waals surface area contributed by atoms with Crippen molar-refractivity contribution >= 4 is 17.8 Å². The molecule has 1 aliphatic rings. The van der Waals surface area contributed by atoms with Gasteiger partial charge in [0.15, 0.2) is 0 Å². The van der Waals surface area contributed by atoms with Gasteiger partial charge < -0.3 is 5.32 Å². The molecule has 50 valence electrons. The highest BCUT2D eigenvalue weighted by atomic mass is 35.5. The van der Waals surface area contributed by atoms with Crippen LogP contribution in [0.5, 0.6) is 0 Å². The van der Waals surface area contributed by atoms with E-state index in [9.17, 15) is 0 Å². The lowest BCUT2D eigenvalue weighted by atomic mass is 10.3. The highest BCUT2D eigenvalue weighted by Crippen LogP contribution is 2.10. The maximum Gasteiger partial charge on any atom is 0.107 e. The topological polar surface area (TPSA) is 24.4 Å². The Morgan fingerprint density at radius 2 is 2.67 bits per heavy atom. The number of aliphatic imine (C=N–C) groups is 1. The number of nitrogens with one attached hydrogen (secondary N) is 1. The fraction of sp³-hybridized carbons (Fsp3) is 0.500. The number of allylic oxidation sites excluding steroid dienone is 2. The first kappa shape index (κ1) is 6.62. The summed E-state index contributed by atoms with van der Waals surface area (Å²) in [7, 11) is 0. The van der Waals surface area contributed by atoms with E-state index < -0.39 is 0 Å². The molecule has 1 rings (SSSR count). The number of hydrogen-bond acceptors (Lipinski definition) is 2. The number of hydrogen-bond donors (Lipinski definition) is 1. The molecule has 0 aromatic rings. The average Bonchev–Trinajstić information content (AvgIpc) is 1.89. The van der Waals surface area contributed by atoms with Gasteiger partial charge in [-0.2, -0.15) is 0 Å². The molecule has 0 saturated heterocycles. The fourth-order valence-electron chi connectivity index (χ4n) is 0.723. The summed E-state index contributed by atoms with van der Waals surface area (Å²) in [6.45, 7) is 2.73. The van der Waals surface area contributed by atoms with Gasteiger partial charge in [-0.1, -0.05) is 18.5 Å². The third-order valence-electron chi connectivity index (χ3n) is 1.23. The van der Waals surface area contributed by atoms with Gasteiger partial charge >= 0.3 is 0 Å². The average molecular weight is 145 g/mol. The standard InChI is InChI=1S/C6H9ClN2/c1-2-6-5(7)3-8-4-9-6/h3,9H,2,4H2,1H3. The molecular weight excluding hydrogens is 136 g/mol. The Kier molecular flexibility index (Phi) is 2.11. The predicted octanol–water partition coefficient (Wildman–Crippen LogP) is 1.48. The van der Waals surface area contributed by atoms with Gasteiger partial charge in [0.2, 0.25) is 0 Å². The van der Waals surface area contributed by atoms with Gasteiger partial charge in [-0.05, 0) is 6.42 Å². The predicted molar refractivity (Wildman–Crippen MR) is 39.7 cm³/mol. The molecule has 2 nitrogen and oxygen atoms in total. The van der Waals surface area contributed by atoms with Crippen LogP contribution in [0.4, 0.5) is 0 Å². The van der Waals surface area contributed by atoms with Gasteiger partial charge in [-0.25, -0.2) is 0 Å². The fourth-order valence-corrected chi connectivity index (χ4v) is 0.993. The Morgan fingerprint density at radius 1 is 1.89 bits per heavy atom. The molecular formula is C6H9ClN2. The highest BCUT2D eigenvalue weighted by Gasteiger charge is 2.01. The summed E-state index contributed by atoms with van der Waals surface area (Å²) in [5.74, 6) is 0. The SMILES string of the molecule is CCC1=C(Cl)C=NCN1. The lowest BCUT2D eigenvalue weighted by molar-refractivity contribution is 0.777. The van der Waals surface area contributed by atoms with Gasteiger partial charge in [0.05, 0.1) is 5.03 Å². The van der Waals surface area contributed by atoms with E-state index in [1.54, 1.807) is 6.21 Å². The van der Waals surface area contributed by atoms with E-state index in [1.165, 1.54) is 0 Å². The zero-order valence-electron chi connectivity index (χ0n) is 5.32. The first-order valence-corrected chi connectivity index (χ1v) is 3.34. The van der Waals surface area contributed by atoms with Crippen LogP contribution in [0.3, 0.4) is 0 Å². The summed E-state index contributed by atoms with van der Waals surface area (Å²) in [5, 5.41) is 3.81. The van der Waals surface area contributed by atoms with Crippen LogP contribution in [0.2, 0.25) is 0 Å². The van der Waals surface area contributed by atoms with Crippen molar-refractivity contribution in [3.63, 3.8) is 0 Å². The van der Waals surface area contributed by atoms with Crippen molar-refractivity contribution < 1.29 is 0 Å². The number of nitrogens with zero attached hydrogens (tertiary/aromatic N) is 1. The summed E-state index contributed by atoms with van der Waals surface area (Å²) in [5.41, 5.74) is 1.09. The van der Waals surface area contributed by atoms with E-state index in [-0.39, 0.29) is 0 Å². The molecule has 0 bridgehead atoms. The van der Waals surface area contributed by atoms with Gasteiger partial charge in [0.1, 0.15) is 6.67 Å². The van der Waals surface area contributed by atoms with Crippen molar-refractivity contribution in [3.8, 4) is 0 Å². The van der Waals surface area contributed by atoms with E-state index in [1.807, 2.05) is 0 Å². The van der Waals surface area contributed by atoms with Crippen molar-refractivity contribution in [1.29, 1.82) is 0 Å². The molecule has 3 heteroatoms. The van der Waals surface area contributed by atoms with E-state index >= 15 is 0 Å². The van der Waals surface area contributed by atoms with Crippen LogP contribution in [-0.2, 0) is 0 Å². The Morgan fingerprint density at radius 3 is 3.11 bits per heavy atom. The minimum atomic E-state index is 0.666.